The first-order chi connectivity index (χ1) is 15.1. The Morgan fingerprint density at radius 1 is 0.968 bits per heavy atom. The lowest BCUT2D eigenvalue weighted by Gasteiger charge is -2.13. The van der Waals surface area contributed by atoms with Gasteiger partial charge in [0.25, 0.3) is 0 Å². The molecule has 2 aromatic carbocycles. The van der Waals surface area contributed by atoms with Crippen LogP contribution in [-0.4, -0.2) is 44.5 Å². The summed E-state index contributed by atoms with van der Waals surface area (Å²) in [7, 11) is 6.17. The highest BCUT2D eigenvalue weighted by molar-refractivity contribution is 5.92. The highest BCUT2D eigenvalue weighted by atomic mass is 16.5. The van der Waals surface area contributed by atoms with Crippen LogP contribution in [0.4, 0.5) is 0 Å². The zero-order valence-corrected chi connectivity index (χ0v) is 17.7. The molecule has 0 aliphatic carbocycles. The molecular weight excluding hydrogens is 402 g/mol. The van der Waals surface area contributed by atoms with Crippen LogP contribution < -0.4 is 24.3 Å². The minimum atomic E-state index is -0.332. The van der Waals surface area contributed by atoms with Crippen LogP contribution in [0.1, 0.15) is 11.5 Å². The summed E-state index contributed by atoms with van der Waals surface area (Å²) >= 11 is 0. The number of nitrogens with one attached hydrogen (secondary N) is 1. The van der Waals surface area contributed by atoms with Crippen LogP contribution in [0.15, 0.2) is 47.0 Å². The topological polar surface area (TPSA) is 105 Å². The molecule has 0 aliphatic heterocycles. The maximum absolute atomic E-state index is 12.2. The van der Waals surface area contributed by atoms with Gasteiger partial charge in [0, 0.05) is 17.2 Å². The number of aromatic nitrogens is 2. The second-order valence-corrected chi connectivity index (χ2v) is 6.21. The minimum Gasteiger partial charge on any atom is -0.497 e. The molecule has 3 rings (SSSR count). The Bertz CT molecular complexity index is 1060. The predicted octanol–water partition coefficient (Wildman–Crippen LogP) is 3.10. The molecule has 31 heavy (non-hydrogen) atoms. The average molecular weight is 425 g/mol. The van der Waals surface area contributed by atoms with Crippen LogP contribution in [0.3, 0.4) is 0 Å². The molecule has 0 saturated carbocycles. The van der Waals surface area contributed by atoms with Gasteiger partial charge in [-0.05, 0) is 42.5 Å². The van der Waals surface area contributed by atoms with E-state index in [1.165, 1.54) is 27.4 Å². The van der Waals surface area contributed by atoms with Gasteiger partial charge < -0.3 is 28.8 Å². The first-order valence-corrected chi connectivity index (χ1v) is 9.31. The molecule has 0 radical (unpaired) electrons. The number of benzene rings is 2. The van der Waals surface area contributed by atoms with Gasteiger partial charge in [-0.1, -0.05) is 5.16 Å². The molecule has 1 N–H and O–H groups in total. The van der Waals surface area contributed by atoms with Gasteiger partial charge >= 0.3 is 0 Å². The van der Waals surface area contributed by atoms with Crippen molar-refractivity contribution in [1.29, 1.82) is 0 Å². The van der Waals surface area contributed by atoms with E-state index in [1.54, 1.807) is 37.5 Å². The van der Waals surface area contributed by atoms with Gasteiger partial charge in [-0.3, -0.25) is 4.79 Å². The Morgan fingerprint density at radius 2 is 1.71 bits per heavy atom. The first-order valence-electron chi connectivity index (χ1n) is 9.31. The van der Waals surface area contributed by atoms with Gasteiger partial charge in [-0.15, -0.1) is 0 Å². The Morgan fingerprint density at radius 3 is 2.35 bits per heavy atom. The summed E-state index contributed by atoms with van der Waals surface area (Å²) < 4.78 is 26.3. The average Bonchev–Trinajstić information content (AvgIpc) is 3.29. The van der Waals surface area contributed by atoms with Gasteiger partial charge in [-0.2, -0.15) is 4.98 Å². The molecule has 0 atom stereocenters. The number of ether oxygens (including phenoxy) is 4. The Balaban J connectivity index is 1.63. The first kappa shape index (κ1) is 21.7. The number of carbonyl (C=O) groups excluding carboxylic acids is 1. The Hall–Kier alpha value is -4.01. The molecule has 9 nitrogen and oxygen atoms in total. The van der Waals surface area contributed by atoms with Crippen LogP contribution in [0, 0.1) is 0 Å². The van der Waals surface area contributed by atoms with E-state index >= 15 is 0 Å². The van der Waals surface area contributed by atoms with Crippen molar-refractivity contribution in [3.05, 3.63) is 53.9 Å². The van der Waals surface area contributed by atoms with E-state index in [0.717, 1.165) is 11.3 Å². The van der Waals surface area contributed by atoms with E-state index in [0.29, 0.717) is 28.6 Å². The molecule has 1 amide bonds. The molecule has 0 unspecified atom stereocenters. The zero-order chi connectivity index (χ0) is 22.2. The fourth-order valence-electron chi connectivity index (χ4n) is 2.83. The highest BCUT2D eigenvalue weighted by Gasteiger charge is 2.14. The van der Waals surface area contributed by atoms with E-state index in [-0.39, 0.29) is 18.3 Å². The number of hydrogen-bond donors (Lipinski definition) is 1. The molecule has 162 valence electrons. The summed E-state index contributed by atoms with van der Waals surface area (Å²) in [6.07, 6.45) is 3.00. The summed E-state index contributed by atoms with van der Waals surface area (Å²) in [5, 5.41) is 6.64. The standard InChI is InChI=1S/C22H23N3O6/c1-27-16-9-5-15(6-10-16)22-24-19(31-25-22)13-23-18(26)12-8-14-7-11-17(28-2)21(30-4)20(14)29-3/h5-12H,13H2,1-4H3,(H,23,26)/b12-8+. The van der Waals surface area contributed by atoms with Crippen molar-refractivity contribution in [3.63, 3.8) is 0 Å². The summed E-state index contributed by atoms with van der Waals surface area (Å²) in [6.45, 7) is 0.0927. The molecule has 0 saturated heterocycles. The summed E-state index contributed by atoms with van der Waals surface area (Å²) in [5.41, 5.74) is 1.44. The van der Waals surface area contributed by atoms with Crippen LogP contribution in [0.25, 0.3) is 17.5 Å². The second-order valence-electron chi connectivity index (χ2n) is 6.21. The van der Waals surface area contributed by atoms with Crippen molar-refractivity contribution in [2.75, 3.05) is 28.4 Å². The van der Waals surface area contributed by atoms with Crippen molar-refractivity contribution >= 4 is 12.0 Å². The second kappa shape index (κ2) is 10.1. The fourth-order valence-corrected chi connectivity index (χ4v) is 2.83. The number of carbonyl (C=O) groups is 1. The number of rotatable bonds is 9. The van der Waals surface area contributed by atoms with Crippen LogP contribution >= 0.6 is 0 Å². The van der Waals surface area contributed by atoms with Gasteiger partial charge in [0.15, 0.2) is 11.5 Å². The molecule has 9 heteroatoms. The molecule has 0 aliphatic rings. The third kappa shape index (κ3) is 5.13. The summed E-state index contributed by atoms with van der Waals surface area (Å²) in [5.74, 6) is 2.56. The molecule has 0 bridgehead atoms. The van der Waals surface area contributed by atoms with Gasteiger partial charge in [0.05, 0.1) is 35.0 Å². The molecule has 3 aromatic rings. The van der Waals surface area contributed by atoms with Crippen molar-refractivity contribution in [2.24, 2.45) is 0 Å². The van der Waals surface area contributed by atoms with Crippen molar-refractivity contribution in [2.45, 2.75) is 6.54 Å². The van der Waals surface area contributed by atoms with E-state index < -0.39 is 0 Å². The number of hydrogen-bond acceptors (Lipinski definition) is 8. The fraction of sp³-hybridized carbons (Fsp3) is 0.227. The van der Waals surface area contributed by atoms with Gasteiger partial charge in [-0.25, -0.2) is 0 Å². The predicted molar refractivity (Wildman–Crippen MR) is 113 cm³/mol. The minimum absolute atomic E-state index is 0.0927. The molecular formula is C22H23N3O6. The Kier molecular flexibility index (Phi) is 7.10. The number of nitrogens with zero attached hydrogens (tertiary/aromatic N) is 2. The quantitative estimate of drug-likeness (QED) is 0.522. The third-order valence-electron chi connectivity index (χ3n) is 4.38. The van der Waals surface area contributed by atoms with E-state index in [9.17, 15) is 4.79 Å². The lowest BCUT2D eigenvalue weighted by atomic mass is 10.1. The van der Waals surface area contributed by atoms with E-state index in [2.05, 4.69) is 15.5 Å². The van der Waals surface area contributed by atoms with Gasteiger partial charge in [0.2, 0.25) is 23.4 Å². The smallest absolute Gasteiger partial charge is 0.246 e. The largest absolute Gasteiger partial charge is 0.497 e. The SMILES string of the molecule is COc1ccc(-c2noc(CNC(=O)/C=C/c3ccc(OC)c(OC)c3OC)n2)cc1. The monoisotopic (exact) mass is 425 g/mol. The lowest BCUT2D eigenvalue weighted by molar-refractivity contribution is -0.116. The van der Waals surface area contributed by atoms with Crippen LogP contribution in [-0.2, 0) is 11.3 Å². The van der Waals surface area contributed by atoms with E-state index in [1.807, 2.05) is 12.1 Å². The van der Waals surface area contributed by atoms with Crippen LogP contribution in [0.2, 0.25) is 0 Å². The normalized spacial score (nSPS) is 10.7. The molecule has 0 spiro atoms. The van der Waals surface area contributed by atoms with Crippen molar-refractivity contribution in [3.8, 4) is 34.4 Å². The lowest BCUT2D eigenvalue weighted by Crippen LogP contribution is -2.20. The number of methoxy groups -OCH3 is 4. The molecule has 1 aromatic heterocycles. The number of amides is 1. The van der Waals surface area contributed by atoms with Crippen molar-refractivity contribution < 1.29 is 28.3 Å². The third-order valence-corrected chi connectivity index (χ3v) is 4.38. The Labute approximate surface area is 179 Å². The van der Waals surface area contributed by atoms with Crippen LogP contribution in [0.5, 0.6) is 23.0 Å². The molecule has 0 fully saturated rings. The zero-order valence-electron chi connectivity index (χ0n) is 17.7. The highest BCUT2D eigenvalue weighted by Crippen LogP contribution is 2.40. The molecule has 1 heterocycles. The summed E-state index contributed by atoms with van der Waals surface area (Å²) in [4.78, 5) is 16.5. The van der Waals surface area contributed by atoms with Gasteiger partial charge in [0.1, 0.15) is 5.75 Å². The van der Waals surface area contributed by atoms with Crippen molar-refractivity contribution in [1.82, 2.24) is 15.5 Å². The summed E-state index contributed by atoms with van der Waals surface area (Å²) in [6, 6.07) is 10.8. The maximum atomic E-state index is 12.2. The maximum Gasteiger partial charge on any atom is 0.246 e. The van der Waals surface area contributed by atoms with E-state index in [4.69, 9.17) is 23.5 Å².